The van der Waals surface area contributed by atoms with Gasteiger partial charge in [0.2, 0.25) is 0 Å². The summed E-state index contributed by atoms with van der Waals surface area (Å²) in [6.07, 6.45) is 3.18. The number of phenols is 1. The highest BCUT2D eigenvalue weighted by Gasteiger charge is 2.18. The summed E-state index contributed by atoms with van der Waals surface area (Å²) in [7, 11) is 0. The molecule has 3 N–H and O–H groups in total. The lowest BCUT2D eigenvalue weighted by Gasteiger charge is -2.09. The second kappa shape index (κ2) is 5.85. The Hall–Kier alpha value is -3.26. The first-order valence-electron chi connectivity index (χ1n) is 6.64. The number of aromatic carboxylic acids is 1. The van der Waals surface area contributed by atoms with Crippen LogP contribution in [0.4, 0.5) is 0 Å². The Morgan fingerprint density at radius 1 is 1.17 bits per heavy atom. The van der Waals surface area contributed by atoms with Crippen molar-refractivity contribution in [2.75, 3.05) is 0 Å². The number of aliphatic hydroxyl groups excluding tert-OH is 1. The van der Waals surface area contributed by atoms with Gasteiger partial charge in [0.25, 0.3) is 0 Å². The maximum Gasteiger partial charge on any atom is 0.339 e. The molecule has 0 bridgehead atoms. The topological polar surface area (TPSA) is 121 Å². The quantitative estimate of drug-likeness (QED) is 0.662. The highest BCUT2D eigenvalue weighted by molar-refractivity contribution is 5.91. The first-order chi connectivity index (χ1) is 11.1. The molecule has 0 radical (unpaired) electrons. The van der Waals surface area contributed by atoms with E-state index in [0.29, 0.717) is 17.1 Å². The van der Waals surface area contributed by atoms with Crippen molar-refractivity contribution in [3.05, 3.63) is 54.0 Å². The molecular weight excluding hydrogens is 300 g/mol. The number of carbonyl (C=O) groups is 1. The highest BCUT2D eigenvalue weighted by atomic mass is 16.4. The molecule has 0 amide bonds. The number of benzene rings is 1. The number of carboxylic acid groups (broad SMARTS) is 1. The van der Waals surface area contributed by atoms with Crippen LogP contribution in [0.2, 0.25) is 0 Å². The minimum absolute atomic E-state index is 0.246. The van der Waals surface area contributed by atoms with E-state index in [2.05, 4.69) is 15.3 Å². The van der Waals surface area contributed by atoms with Gasteiger partial charge in [-0.15, -0.1) is 5.10 Å². The number of pyridine rings is 1. The van der Waals surface area contributed by atoms with Gasteiger partial charge in [-0.3, -0.25) is 4.98 Å². The molecule has 2 heterocycles. The molecule has 1 aromatic carbocycles. The van der Waals surface area contributed by atoms with Crippen LogP contribution in [0.5, 0.6) is 5.75 Å². The summed E-state index contributed by atoms with van der Waals surface area (Å²) in [4.78, 5) is 15.1. The van der Waals surface area contributed by atoms with Gasteiger partial charge < -0.3 is 15.3 Å². The average Bonchev–Trinajstić information content (AvgIpc) is 2.99. The molecule has 0 fully saturated rings. The molecule has 3 rings (SSSR count). The van der Waals surface area contributed by atoms with E-state index in [1.54, 1.807) is 24.5 Å². The number of hydrogen-bond donors (Lipinski definition) is 3. The number of nitrogens with zero attached hydrogens (tertiary/aromatic N) is 4. The number of rotatable bonds is 4. The fraction of sp³-hybridized carbons (Fsp3) is 0.0667. The van der Waals surface area contributed by atoms with Gasteiger partial charge in [0.05, 0.1) is 12.3 Å². The Bertz CT molecular complexity index is 861. The maximum absolute atomic E-state index is 11.2. The molecule has 0 aliphatic rings. The Kier molecular flexibility index (Phi) is 3.73. The molecule has 0 spiro atoms. The predicted molar refractivity (Wildman–Crippen MR) is 79.1 cm³/mol. The fourth-order valence-electron chi connectivity index (χ4n) is 2.23. The summed E-state index contributed by atoms with van der Waals surface area (Å²) >= 11 is 0. The molecule has 2 aromatic heterocycles. The third-order valence-electron chi connectivity index (χ3n) is 3.30. The van der Waals surface area contributed by atoms with E-state index in [1.807, 2.05) is 0 Å². The van der Waals surface area contributed by atoms with Crippen molar-refractivity contribution in [3.8, 4) is 22.7 Å². The zero-order chi connectivity index (χ0) is 16.4. The van der Waals surface area contributed by atoms with E-state index in [-0.39, 0.29) is 17.9 Å². The van der Waals surface area contributed by atoms with E-state index in [0.717, 1.165) is 5.56 Å². The van der Waals surface area contributed by atoms with Gasteiger partial charge in [0.15, 0.2) is 0 Å². The van der Waals surface area contributed by atoms with Crippen LogP contribution in [-0.2, 0) is 6.61 Å². The summed E-state index contributed by atoms with van der Waals surface area (Å²) in [5, 5.41) is 36.1. The van der Waals surface area contributed by atoms with Crippen molar-refractivity contribution in [3.63, 3.8) is 0 Å². The van der Waals surface area contributed by atoms with Gasteiger partial charge in [0, 0.05) is 18.0 Å². The van der Waals surface area contributed by atoms with Gasteiger partial charge in [-0.05, 0) is 30.3 Å². The van der Waals surface area contributed by atoms with Crippen LogP contribution < -0.4 is 0 Å². The van der Waals surface area contributed by atoms with Gasteiger partial charge in [-0.1, -0.05) is 5.21 Å². The molecule has 0 unspecified atom stereocenters. The monoisotopic (exact) mass is 312 g/mol. The summed E-state index contributed by atoms with van der Waals surface area (Å²) in [5.74, 6) is -1.59. The molecule has 0 aliphatic heterocycles. The second-order valence-electron chi connectivity index (χ2n) is 4.70. The van der Waals surface area contributed by atoms with Gasteiger partial charge in [-0.2, -0.15) is 0 Å². The fourth-order valence-corrected chi connectivity index (χ4v) is 2.23. The highest BCUT2D eigenvalue weighted by Crippen LogP contribution is 2.27. The standard InChI is InChI=1S/C15H12N4O4/c20-8-12-14(9-3-5-16-6-4-9)19(18-17-12)10-1-2-13(21)11(7-10)15(22)23/h1-7,20-21H,8H2,(H,22,23). The average molecular weight is 312 g/mol. The van der Waals surface area contributed by atoms with E-state index < -0.39 is 5.97 Å². The van der Waals surface area contributed by atoms with Crippen LogP contribution in [-0.4, -0.2) is 41.3 Å². The van der Waals surface area contributed by atoms with Crippen molar-refractivity contribution in [2.45, 2.75) is 6.61 Å². The van der Waals surface area contributed by atoms with Gasteiger partial charge in [0.1, 0.15) is 22.7 Å². The molecule has 0 saturated carbocycles. The molecule has 116 valence electrons. The van der Waals surface area contributed by atoms with Crippen LogP contribution >= 0.6 is 0 Å². The maximum atomic E-state index is 11.2. The van der Waals surface area contributed by atoms with Crippen LogP contribution in [0, 0.1) is 0 Å². The summed E-state index contributed by atoms with van der Waals surface area (Å²) < 4.78 is 1.41. The molecular formula is C15H12N4O4. The SMILES string of the molecule is O=C(O)c1cc(-n2nnc(CO)c2-c2ccncc2)ccc1O. The minimum atomic E-state index is -1.25. The summed E-state index contributed by atoms with van der Waals surface area (Å²) in [6.45, 7) is -0.318. The Morgan fingerprint density at radius 2 is 1.91 bits per heavy atom. The molecule has 0 atom stereocenters. The lowest BCUT2D eigenvalue weighted by Crippen LogP contribution is -2.04. The van der Waals surface area contributed by atoms with Crippen molar-refractivity contribution in [2.24, 2.45) is 0 Å². The number of aromatic hydroxyl groups is 1. The lowest BCUT2D eigenvalue weighted by molar-refractivity contribution is 0.0693. The van der Waals surface area contributed by atoms with Crippen LogP contribution in [0.1, 0.15) is 16.1 Å². The van der Waals surface area contributed by atoms with Crippen LogP contribution in [0.3, 0.4) is 0 Å². The zero-order valence-corrected chi connectivity index (χ0v) is 11.8. The minimum Gasteiger partial charge on any atom is -0.507 e. The third kappa shape index (κ3) is 2.62. The molecule has 8 heteroatoms. The van der Waals surface area contributed by atoms with E-state index >= 15 is 0 Å². The van der Waals surface area contributed by atoms with Crippen molar-refractivity contribution in [1.29, 1.82) is 0 Å². The normalized spacial score (nSPS) is 10.7. The van der Waals surface area contributed by atoms with Crippen molar-refractivity contribution in [1.82, 2.24) is 20.0 Å². The van der Waals surface area contributed by atoms with Crippen molar-refractivity contribution >= 4 is 5.97 Å². The largest absolute Gasteiger partial charge is 0.507 e. The van der Waals surface area contributed by atoms with Crippen molar-refractivity contribution < 1.29 is 20.1 Å². The summed E-state index contributed by atoms with van der Waals surface area (Å²) in [5.41, 5.74) is 1.75. The molecule has 8 nitrogen and oxygen atoms in total. The first kappa shape index (κ1) is 14.7. The Labute approximate surface area is 130 Å². The van der Waals surface area contributed by atoms with Crippen LogP contribution in [0.25, 0.3) is 16.9 Å². The Morgan fingerprint density at radius 3 is 2.57 bits per heavy atom. The predicted octanol–water partition coefficient (Wildman–Crippen LogP) is 1.23. The molecule has 23 heavy (non-hydrogen) atoms. The second-order valence-corrected chi connectivity index (χ2v) is 4.70. The number of hydrogen-bond acceptors (Lipinski definition) is 6. The number of aromatic nitrogens is 4. The third-order valence-corrected chi connectivity index (χ3v) is 3.30. The summed E-state index contributed by atoms with van der Waals surface area (Å²) in [6, 6.07) is 7.54. The van der Waals surface area contributed by atoms with E-state index in [9.17, 15) is 15.0 Å². The molecule has 0 saturated heterocycles. The van der Waals surface area contributed by atoms with Gasteiger partial charge in [-0.25, -0.2) is 9.48 Å². The zero-order valence-electron chi connectivity index (χ0n) is 11.8. The van der Waals surface area contributed by atoms with Crippen LogP contribution in [0.15, 0.2) is 42.7 Å². The number of carboxylic acids is 1. The smallest absolute Gasteiger partial charge is 0.339 e. The molecule has 0 aliphatic carbocycles. The van der Waals surface area contributed by atoms with E-state index in [1.165, 1.54) is 22.9 Å². The lowest BCUT2D eigenvalue weighted by atomic mass is 10.1. The first-order valence-corrected chi connectivity index (χ1v) is 6.64. The molecule has 3 aromatic rings. The van der Waals surface area contributed by atoms with E-state index in [4.69, 9.17) is 5.11 Å². The Balaban J connectivity index is 2.20. The van der Waals surface area contributed by atoms with Gasteiger partial charge >= 0.3 is 5.97 Å². The number of aliphatic hydroxyl groups is 1.